The lowest BCUT2D eigenvalue weighted by molar-refractivity contribution is -0.163. The van der Waals surface area contributed by atoms with E-state index in [1.165, 1.54) is 0 Å². The predicted octanol–water partition coefficient (Wildman–Crippen LogP) is -0.993. The maximum Gasteiger partial charge on any atom is 0.376 e. The molecule has 0 aromatic heterocycles. The minimum Gasteiger partial charge on any atom is -0.477 e. The Labute approximate surface area is 89.2 Å². The number of halogens is 2. The molecule has 0 amide bonds. The Morgan fingerprint density at radius 2 is 1.31 bits per heavy atom. The summed E-state index contributed by atoms with van der Waals surface area (Å²) in [6, 6.07) is 0. The molecule has 0 aliphatic heterocycles. The number of hydrogen-bond acceptors (Lipinski definition) is 3. The van der Waals surface area contributed by atoms with Gasteiger partial charge < -0.3 is 24.7 Å². The van der Waals surface area contributed by atoms with Crippen LogP contribution in [0.4, 0.5) is 8.78 Å². The van der Waals surface area contributed by atoms with Crippen LogP contribution in [0.25, 0.3) is 0 Å². The van der Waals surface area contributed by atoms with Crippen LogP contribution in [0.2, 0.25) is 0 Å². The maximum absolute atomic E-state index is 12.6. The lowest BCUT2D eigenvalue weighted by atomic mass is 10.4. The van der Waals surface area contributed by atoms with E-state index in [1.54, 1.807) is 0 Å². The highest BCUT2D eigenvalue weighted by atomic mass is 31.2. The third-order valence-corrected chi connectivity index (χ3v) is 4.97. The van der Waals surface area contributed by atoms with Gasteiger partial charge >= 0.3 is 27.1 Å². The summed E-state index contributed by atoms with van der Waals surface area (Å²) in [5, 5.41) is 4.02. The normalized spacial score (nSPS) is 13.4. The second-order valence-corrected chi connectivity index (χ2v) is 6.28. The molecule has 0 aliphatic carbocycles. The molecule has 5 N–H and O–H groups in total. The van der Waals surface area contributed by atoms with Gasteiger partial charge in [0.15, 0.2) is 0 Å². The van der Waals surface area contributed by atoms with Gasteiger partial charge in [0.25, 0.3) is 0 Å². The highest BCUT2D eigenvalue weighted by molar-refractivity contribution is 7.71. The van der Waals surface area contributed by atoms with Gasteiger partial charge in [-0.25, -0.2) is 4.79 Å². The van der Waals surface area contributed by atoms with Crippen molar-refractivity contribution >= 4 is 29.6 Å². The van der Waals surface area contributed by atoms with Crippen molar-refractivity contribution in [3.63, 3.8) is 0 Å². The smallest absolute Gasteiger partial charge is 0.376 e. The van der Waals surface area contributed by atoms with Gasteiger partial charge in [-0.1, -0.05) is 0 Å². The third-order valence-electron chi connectivity index (χ3n) is 1.25. The average Bonchev–Trinajstić information content (AvgIpc) is 1.76. The van der Waals surface area contributed by atoms with Crippen LogP contribution in [-0.2, 0) is 13.9 Å². The van der Waals surface area contributed by atoms with E-state index >= 15 is 0 Å². The van der Waals surface area contributed by atoms with Crippen molar-refractivity contribution in [3.05, 3.63) is 0 Å². The first-order valence-electron chi connectivity index (χ1n) is 3.03. The number of rotatable bonds is 4. The van der Waals surface area contributed by atoms with Gasteiger partial charge in [-0.05, 0) is 0 Å². The lowest BCUT2D eigenvalue weighted by Crippen LogP contribution is -2.41. The monoisotopic (exact) mass is 281 g/mol. The summed E-state index contributed by atoms with van der Waals surface area (Å²) >= 11 is 0. The van der Waals surface area contributed by atoms with Crippen LogP contribution < -0.4 is 0 Å². The number of aliphatic carboxylic acids is 1. The zero-order chi connectivity index (χ0) is 12.7. The molecular formula is C3H6BF2O8P2. The zero-order valence-corrected chi connectivity index (χ0v) is 9.05. The highest BCUT2D eigenvalue weighted by Gasteiger charge is 2.64. The van der Waals surface area contributed by atoms with Crippen molar-refractivity contribution in [2.45, 2.75) is 11.3 Å². The third kappa shape index (κ3) is 3.93. The molecule has 0 heterocycles. The second-order valence-electron chi connectivity index (χ2n) is 2.48. The predicted molar refractivity (Wildman–Crippen MR) is 46.2 cm³/mol. The molecule has 0 atom stereocenters. The van der Waals surface area contributed by atoms with Crippen LogP contribution in [0.15, 0.2) is 0 Å². The van der Waals surface area contributed by atoms with Crippen LogP contribution >= 0.6 is 15.2 Å². The maximum atomic E-state index is 12.6. The summed E-state index contributed by atoms with van der Waals surface area (Å²) < 4.78 is 46.0. The number of hydrogen-bond donors (Lipinski definition) is 5. The fourth-order valence-corrected chi connectivity index (χ4v) is 3.36. The molecular weight excluding hydrogens is 275 g/mol. The fourth-order valence-electron chi connectivity index (χ4n) is 0.729. The van der Waals surface area contributed by atoms with Crippen LogP contribution in [-0.4, -0.2) is 50.4 Å². The summed E-state index contributed by atoms with van der Waals surface area (Å²) in [7, 11) is -11.9. The van der Waals surface area contributed by atoms with E-state index < -0.39 is 32.5 Å². The number of alkyl halides is 2. The summed E-state index contributed by atoms with van der Waals surface area (Å²) in [6.45, 7) is 0. The Morgan fingerprint density at radius 1 is 1.06 bits per heavy atom. The number of carbonyl (C=O) groups is 1. The molecule has 8 nitrogen and oxygen atoms in total. The van der Waals surface area contributed by atoms with E-state index in [4.69, 9.17) is 24.7 Å². The molecule has 16 heavy (non-hydrogen) atoms. The van der Waals surface area contributed by atoms with Gasteiger partial charge in [0.05, 0.1) is 0 Å². The van der Waals surface area contributed by atoms with Gasteiger partial charge in [0, 0.05) is 8.41 Å². The van der Waals surface area contributed by atoms with Gasteiger partial charge in [-0.3, -0.25) is 9.13 Å². The molecule has 0 fully saturated rings. The molecule has 0 spiro atoms. The van der Waals surface area contributed by atoms with Crippen LogP contribution in [0.5, 0.6) is 0 Å². The molecule has 0 unspecified atom stereocenters. The standard InChI is InChI=1S/C3H6F2O8P2.B/c4-3(5,1(6)7)2(14(8,9)10)15(11,12)13;/h2H,(H,6,7)(H2,8,9,10)(H2,11,12,13);. The fraction of sp³-hybridized carbons (Fsp3) is 0.667. The highest BCUT2D eigenvalue weighted by Crippen LogP contribution is 2.65. The van der Waals surface area contributed by atoms with E-state index in [2.05, 4.69) is 0 Å². The Hall–Kier alpha value is -0.305. The number of carboxylic acids is 1. The van der Waals surface area contributed by atoms with Crippen LogP contribution in [0.3, 0.4) is 0 Å². The van der Waals surface area contributed by atoms with Gasteiger partial charge in [-0.2, -0.15) is 8.78 Å². The van der Waals surface area contributed by atoms with Crippen molar-refractivity contribution in [1.82, 2.24) is 0 Å². The summed E-state index contributed by atoms with van der Waals surface area (Å²) in [4.78, 5) is 43.0. The van der Waals surface area contributed by atoms with Crippen molar-refractivity contribution < 1.29 is 47.4 Å². The molecule has 0 aromatic carbocycles. The zero-order valence-electron chi connectivity index (χ0n) is 7.27. The molecule has 0 saturated heterocycles. The van der Waals surface area contributed by atoms with Crippen LogP contribution in [0.1, 0.15) is 0 Å². The van der Waals surface area contributed by atoms with E-state index in [0.29, 0.717) is 0 Å². The SMILES string of the molecule is O=C(O)C(F)(F)C(P(=O)(O)O)P(=O)(O)O.[B]. The largest absolute Gasteiger partial charge is 0.477 e. The molecule has 0 aliphatic rings. The van der Waals surface area contributed by atoms with E-state index in [-0.39, 0.29) is 8.41 Å². The molecule has 13 heteroatoms. The first-order chi connectivity index (χ1) is 6.31. The van der Waals surface area contributed by atoms with E-state index in [1.807, 2.05) is 0 Å². The second kappa shape index (κ2) is 4.91. The van der Waals surface area contributed by atoms with Crippen molar-refractivity contribution in [2.24, 2.45) is 0 Å². The van der Waals surface area contributed by atoms with Gasteiger partial charge in [0.1, 0.15) is 0 Å². The van der Waals surface area contributed by atoms with Crippen LogP contribution in [0, 0.1) is 0 Å². The molecule has 0 rings (SSSR count). The summed E-state index contributed by atoms with van der Waals surface area (Å²) in [6.07, 6.45) is 0. The van der Waals surface area contributed by atoms with Crippen molar-refractivity contribution in [2.75, 3.05) is 0 Å². The molecule has 3 radical (unpaired) electrons. The summed E-state index contributed by atoms with van der Waals surface area (Å²) in [5.41, 5.74) is 0. The Morgan fingerprint density at radius 3 is 1.38 bits per heavy atom. The lowest BCUT2D eigenvalue weighted by Gasteiger charge is -2.24. The first-order valence-corrected chi connectivity index (χ1v) is 6.39. The minimum atomic E-state index is -5.97. The number of carboxylic acid groups (broad SMARTS) is 1. The first kappa shape index (κ1) is 18.1. The molecule has 0 bridgehead atoms. The van der Waals surface area contributed by atoms with Gasteiger partial charge in [0.2, 0.25) is 5.40 Å². The Balaban J connectivity index is 0. The Kier molecular flexibility index (Phi) is 5.54. The molecule has 0 saturated carbocycles. The van der Waals surface area contributed by atoms with E-state index in [9.17, 15) is 22.7 Å². The summed E-state index contributed by atoms with van der Waals surface area (Å²) in [5.74, 6) is -8.25. The van der Waals surface area contributed by atoms with E-state index in [0.717, 1.165) is 0 Å². The Bertz CT molecular complexity index is 336. The topological polar surface area (TPSA) is 152 Å². The molecule has 0 aromatic rings. The van der Waals surface area contributed by atoms with Crippen molar-refractivity contribution in [3.8, 4) is 0 Å². The minimum absolute atomic E-state index is 0. The average molecular weight is 281 g/mol. The van der Waals surface area contributed by atoms with Gasteiger partial charge in [-0.15, -0.1) is 0 Å². The molecule has 93 valence electrons. The quantitative estimate of drug-likeness (QED) is 0.325. The van der Waals surface area contributed by atoms with Crippen molar-refractivity contribution in [1.29, 1.82) is 0 Å².